The van der Waals surface area contributed by atoms with Crippen molar-refractivity contribution in [3.05, 3.63) is 96.7 Å². The van der Waals surface area contributed by atoms with Gasteiger partial charge in [0.1, 0.15) is 11.5 Å². The maximum Gasteiger partial charge on any atom is 0.312 e. The third-order valence-corrected chi connectivity index (χ3v) is 4.87. The van der Waals surface area contributed by atoms with Gasteiger partial charge in [0.25, 0.3) is 0 Å². The molecule has 160 valence electrons. The average molecular weight is 426 g/mol. The Kier molecular flexibility index (Phi) is 6.27. The molecule has 32 heavy (non-hydrogen) atoms. The summed E-state index contributed by atoms with van der Waals surface area (Å²) >= 11 is 0. The van der Waals surface area contributed by atoms with Crippen LogP contribution in [0.1, 0.15) is 18.0 Å². The molecule has 0 aliphatic carbocycles. The number of nitrogens with zero attached hydrogens (tertiary/aromatic N) is 1. The van der Waals surface area contributed by atoms with Crippen LogP contribution in [0.3, 0.4) is 0 Å². The second-order valence-corrected chi connectivity index (χ2v) is 7.18. The molecule has 1 aromatic heterocycles. The molecule has 4 N–H and O–H groups in total. The lowest BCUT2D eigenvalue weighted by atomic mass is 10.0. The Labute approximate surface area is 185 Å². The van der Waals surface area contributed by atoms with Crippen molar-refractivity contribution in [1.82, 2.24) is 10.3 Å². The molecular weight excluding hydrogens is 404 g/mol. The fraction of sp³-hybridized carbons (Fsp3) is 0.0800. The SMILES string of the molecule is NC(=O)N[C@@H](CC(=O)Nc1cccc2ncccc12)c1cccc(Oc2ccccc2)c1. The molecule has 0 unspecified atom stereocenters. The number of nitrogens with two attached hydrogens (primary N) is 1. The minimum absolute atomic E-state index is 0.00558. The van der Waals surface area contributed by atoms with Gasteiger partial charge in [-0.3, -0.25) is 9.78 Å². The molecule has 0 fully saturated rings. The first-order chi connectivity index (χ1) is 15.6. The van der Waals surface area contributed by atoms with Gasteiger partial charge in [-0.25, -0.2) is 4.79 Å². The number of benzene rings is 3. The number of hydrogen-bond acceptors (Lipinski definition) is 4. The second kappa shape index (κ2) is 9.61. The molecule has 0 aliphatic heterocycles. The van der Waals surface area contributed by atoms with Crippen LogP contribution in [-0.4, -0.2) is 16.9 Å². The molecule has 1 atom stereocenters. The second-order valence-electron chi connectivity index (χ2n) is 7.18. The lowest BCUT2D eigenvalue weighted by molar-refractivity contribution is -0.116. The topological polar surface area (TPSA) is 106 Å². The number of primary amides is 1. The van der Waals surface area contributed by atoms with E-state index in [0.717, 1.165) is 10.9 Å². The summed E-state index contributed by atoms with van der Waals surface area (Å²) in [6, 6.07) is 24.4. The standard InChI is InChI=1S/C25H22N4O3/c26-25(31)29-23(17-7-4-10-19(15-17)32-18-8-2-1-3-9-18)16-24(30)28-22-13-5-12-21-20(22)11-6-14-27-21/h1-15,23H,16H2,(H,28,30)(H3,26,29,31)/t23-/m0/s1. The summed E-state index contributed by atoms with van der Waals surface area (Å²) < 4.78 is 5.87. The van der Waals surface area contributed by atoms with Crippen LogP contribution in [0.25, 0.3) is 10.9 Å². The van der Waals surface area contributed by atoms with Gasteiger partial charge in [-0.05, 0) is 54.1 Å². The van der Waals surface area contributed by atoms with E-state index in [2.05, 4.69) is 15.6 Å². The molecule has 0 saturated heterocycles. The zero-order chi connectivity index (χ0) is 22.3. The van der Waals surface area contributed by atoms with Crippen molar-refractivity contribution < 1.29 is 14.3 Å². The van der Waals surface area contributed by atoms with E-state index in [9.17, 15) is 9.59 Å². The van der Waals surface area contributed by atoms with Crippen molar-refractivity contribution in [3.8, 4) is 11.5 Å². The van der Waals surface area contributed by atoms with Crippen LogP contribution in [0.15, 0.2) is 91.1 Å². The maximum absolute atomic E-state index is 12.8. The third kappa shape index (κ3) is 5.20. The Morgan fingerprint density at radius 3 is 2.50 bits per heavy atom. The fourth-order valence-electron chi connectivity index (χ4n) is 3.44. The number of anilines is 1. The quantitative estimate of drug-likeness (QED) is 0.396. The zero-order valence-corrected chi connectivity index (χ0v) is 17.2. The molecule has 0 spiro atoms. The number of hydrogen-bond donors (Lipinski definition) is 3. The molecule has 3 aromatic carbocycles. The number of rotatable bonds is 7. The van der Waals surface area contributed by atoms with Crippen LogP contribution < -0.4 is 21.1 Å². The first-order valence-corrected chi connectivity index (χ1v) is 10.1. The van der Waals surface area contributed by atoms with E-state index in [1.54, 1.807) is 24.4 Å². The number of amides is 3. The summed E-state index contributed by atoms with van der Waals surface area (Å²) in [7, 11) is 0. The number of urea groups is 1. The summed E-state index contributed by atoms with van der Waals surface area (Å²) in [6.45, 7) is 0. The Hall–Kier alpha value is -4.39. The smallest absolute Gasteiger partial charge is 0.312 e. The minimum atomic E-state index is -0.716. The molecule has 0 bridgehead atoms. The number of fused-ring (bicyclic) bond motifs is 1. The van der Waals surface area contributed by atoms with Crippen molar-refractivity contribution in [2.24, 2.45) is 5.73 Å². The van der Waals surface area contributed by atoms with Crippen LogP contribution in [0.5, 0.6) is 11.5 Å². The number of pyridine rings is 1. The van der Waals surface area contributed by atoms with E-state index >= 15 is 0 Å². The van der Waals surface area contributed by atoms with Gasteiger partial charge in [-0.2, -0.15) is 0 Å². The number of carbonyl (C=O) groups is 2. The Bertz CT molecular complexity index is 1240. The van der Waals surface area contributed by atoms with Crippen molar-refractivity contribution in [2.45, 2.75) is 12.5 Å². The lowest BCUT2D eigenvalue weighted by Crippen LogP contribution is -2.35. The Balaban J connectivity index is 1.53. The molecule has 7 heteroatoms. The highest BCUT2D eigenvalue weighted by atomic mass is 16.5. The predicted molar refractivity (Wildman–Crippen MR) is 123 cm³/mol. The number of aromatic nitrogens is 1. The Morgan fingerprint density at radius 1 is 0.906 bits per heavy atom. The summed E-state index contributed by atoms with van der Waals surface area (Å²) in [5.74, 6) is 1.01. The van der Waals surface area contributed by atoms with Gasteiger partial charge in [0.15, 0.2) is 0 Å². The highest BCUT2D eigenvalue weighted by Gasteiger charge is 2.19. The number of carbonyl (C=O) groups excluding carboxylic acids is 2. The number of para-hydroxylation sites is 1. The van der Waals surface area contributed by atoms with E-state index in [0.29, 0.717) is 22.7 Å². The summed E-state index contributed by atoms with van der Waals surface area (Å²) in [5, 5.41) is 6.40. The molecule has 3 amide bonds. The van der Waals surface area contributed by atoms with Gasteiger partial charge in [0.2, 0.25) is 5.91 Å². The van der Waals surface area contributed by atoms with Gasteiger partial charge in [0, 0.05) is 11.6 Å². The summed E-state index contributed by atoms with van der Waals surface area (Å²) in [4.78, 5) is 28.8. The van der Waals surface area contributed by atoms with Crippen molar-refractivity contribution >= 4 is 28.5 Å². The average Bonchev–Trinajstić information content (AvgIpc) is 2.79. The molecule has 7 nitrogen and oxygen atoms in total. The minimum Gasteiger partial charge on any atom is -0.457 e. The van der Waals surface area contributed by atoms with Crippen LogP contribution in [-0.2, 0) is 4.79 Å². The predicted octanol–water partition coefficient (Wildman–Crippen LogP) is 4.77. The van der Waals surface area contributed by atoms with Crippen LogP contribution in [0.4, 0.5) is 10.5 Å². The van der Waals surface area contributed by atoms with Crippen molar-refractivity contribution in [1.29, 1.82) is 0 Å². The van der Waals surface area contributed by atoms with Gasteiger partial charge < -0.3 is 21.1 Å². The number of nitrogens with one attached hydrogen (secondary N) is 2. The first-order valence-electron chi connectivity index (χ1n) is 10.1. The monoisotopic (exact) mass is 426 g/mol. The molecular formula is C25H22N4O3. The number of ether oxygens (including phenoxy) is 1. The van der Waals surface area contributed by atoms with E-state index in [1.807, 2.05) is 66.7 Å². The van der Waals surface area contributed by atoms with Crippen molar-refractivity contribution in [3.63, 3.8) is 0 Å². The highest BCUT2D eigenvalue weighted by molar-refractivity contribution is 6.01. The van der Waals surface area contributed by atoms with E-state index in [1.165, 1.54) is 0 Å². The van der Waals surface area contributed by atoms with Crippen molar-refractivity contribution in [2.75, 3.05) is 5.32 Å². The normalized spacial score (nSPS) is 11.5. The Morgan fingerprint density at radius 2 is 1.69 bits per heavy atom. The summed E-state index contributed by atoms with van der Waals surface area (Å²) in [6.07, 6.45) is 1.69. The first kappa shape index (κ1) is 20.9. The van der Waals surface area contributed by atoms with Gasteiger partial charge in [-0.15, -0.1) is 0 Å². The van der Waals surface area contributed by atoms with Gasteiger partial charge in [-0.1, -0.05) is 36.4 Å². The largest absolute Gasteiger partial charge is 0.457 e. The molecule has 4 aromatic rings. The fourth-order valence-corrected chi connectivity index (χ4v) is 3.44. The zero-order valence-electron chi connectivity index (χ0n) is 17.2. The van der Waals surface area contributed by atoms with Gasteiger partial charge >= 0.3 is 6.03 Å². The molecule has 1 heterocycles. The van der Waals surface area contributed by atoms with E-state index < -0.39 is 12.1 Å². The van der Waals surface area contributed by atoms with Crippen LogP contribution in [0.2, 0.25) is 0 Å². The lowest BCUT2D eigenvalue weighted by Gasteiger charge is -2.19. The van der Waals surface area contributed by atoms with Crippen LogP contribution >= 0.6 is 0 Å². The highest BCUT2D eigenvalue weighted by Crippen LogP contribution is 2.27. The molecule has 0 aliphatic rings. The maximum atomic E-state index is 12.8. The molecule has 0 radical (unpaired) electrons. The third-order valence-electron chi connectivity index (χ3n) is 4.87. The van der Waals surface area contributed by atoms with Crippen LogP contribution in [0, 0.1) is 0 Å². The van der Waals surface area contributed by atoms with Gasteiger partial charge in [0.05, 0.1) is 23.7 Å². The van der Waals surface area contributed by atoms with E-state index in [4.69, 9.17) is 10.5 Å². The molecule has 0 saturated carbocycles. The molecule has 4 rings (SSSR count). The van der Waals surface area contributed by atoms with E-state index in [-0.39, 0.29) is 12.3 Å². The summed E-state index contributed by atoms with van der Waals surface area (Å²) in [5.41, 5.74) is 7.51.